The number of benzene rings is 2. The van der Waals surface area contributed by atoms with E-state index in [2.05, 4.69) is 4.98 Å². The number of aromatic nitrogens is 1. The first-order valence-corrected chi connectivity index (χ1v) is 9.50. The smallest absolute Gasteiger partial charge is 0.303 e. The van der Waals surface area contributed by atoms with Crippen LogP contribution in [0.25, 0.3) is 22.6 Å². The summed E-state index contributed by atoms with van der Waals surface area (Å²) < 4.78 is 55.8. The van der Waals surface area contributed by atoms with Crippen LogP contribution in [0.3, 0.4) is 0 Å². The van der Waals surface area contributed by atoms with Crippen LogP contribution in [-0.2, 0) is 21.2 Å². The molecule has 0 aliphatic rings. The molecule has 0 atom stereocenters. The van der Waals surface area contributed by atoms with Crippen molar-refractivity contribution in [1.29, 1.82) is 0 Å². The Kier molecular flexibility index (Phi) is 5.25. The van der Waals surface area contributed by atoms with E-state index in [-0.39, 0.29) is 35.7 Å². The number of primary sulfonamides is 1. The largest absolute Gasteiger partial charge is 0.481 e. The van der Waals surface area contributed by atoms with Crippen molar-refractivity contribution < 1.29 is 31.5 Å². The fourth-order valence-electron chi connectivity index (χ4n) is 2.56. The third-order valence-corrected chi connectivity index (χ3v) is 4.79. The summed E-state index contributed by atoms with van der Waals surface area (Å²) in [6, 6.07) is 8.49. The molecule has 3 rings (SSSR count). The highest BCUT2D eigenvalue weighted by molar-refractivity contribution is 7.89. The lowest BCUT2D eigenvalue weighted by molar-refractivity contribution is -0.137. The van der Waals surface area contributed by atoms with E-state index in [0.29, 0.717) is 5.56 Å². The molecule has 1 aromatic heterocycles. The summed E-state index contributed by atoms with van der Waals surface area (Å²) in [6.45, 7) is 0. The van der Waals surface area contributed by atoms with Crippen molar-refractivity contribution in [2.24, 2.45) is 5.14 Å². The number of carboxylic acid groups (broad SMARTS) is 1. The topological polar surface area (TPSA) is 123 Å². The molecule has 0 saturated carbocycles. The SMILES string of the molecule is NS(=O)(=O)c1ccc(-c2oc(CCC(=O)O)nc2-c2ccc(F)cc2)cc1F. The number of aryl methyl sites for hydroxylation is 1. The van der Waals surface area contributed by atoms with Crippen LogP contribution < -0.4 is 5.14 Å². The molecule has 0 aliphatic carbocycles. The third kappa shape index (κ3) is 4.24. The van der Waals surface area contributed by atoms with Crippen molar-refractivity contribution in [3.05, 3.63) is 60.0 Å². The Bertz CT molecular complexity index is 1140. The molecule has 0 amide bonds. The van der Waals surface area contributed by atoms with E-state index in [4.69, 9.17) is 14.7 Å². The van der Waals surface area contributed by atoms with E-state index in [1.54, 1.807) is 0 Å². The maximum Gasteiger partial charge on any atom is 0.303 e. The molecule has 2 aromatic carbocycles. The second-order valence-corrected chi connectivity index (χ2v) is 7.41. The molecule has 0 aliphatic heterocycles. The monoisotopic (exact) mass is 408 g/mol. The van der Waals surface area contributed by atoms with Gasteiger partial charge in [-0.05, 0) is 42.5 Å². The number of nitrogens with zero attached hydrogens (tertiary/aromatic N) is 1. The first kappa shape index (κ1) is 19.6. The number of carbonyl (C=O) groups is 1. The van der Waals surface area contributed by atoms with Gasteiger partial charge in [0, 0.05) is 17.5 Å². The molecule has 0 bridgehead atoms. The van der Waals surface area contributed by atoms with E-state index < -0.39 is 32.5 Å². The second kappa shape index (κ2) is 7.49. The Balaban J connectivity index is 2.11. The number of aliphatic carboxylic acids is 1. The molecule has 0 radical (unpaired) electrons. The van der Waals surface area contributed by atoms with Crippen molar-refractivity contribution in [2.75, 3.05) is 0 Å². The number of rotatable bonds is 6. The van der Waals surface area contributed by atoms with Gasteiger partial charge in [-0.15, -0.1) is 0 Å². The standard InChI is InChI=1S/C18H14F2N2O5S/c19-12-4-1-10(2-5-12)17-18(27-15(22-17)7-8-16(23)24)11-3-6-14(13(20)9-11)28(21,25)26/h1-6,9H,7-8H2,(H,23,24)(H2,21,25,26). The summed E-state index contributed by atoms with van der Waals surface area (Å²) in [4.78, 5) is 14.4. The summed E-state index contributed by atoms with van der Waals surface area (Å²) in [5.41, 5.74) is 0.860. The van der Waals surface area contributed by atoms with Gasteiger partial charge in [-0.25, -0.2) is 27.3 Å². The first-order valence-electron chi connectivity index (χ1n) is 7.95. The Labute approximate surface area is 158 Å². The Morgan fingerprint density at radius 2 is 1.75 bits per heavy atom. The summed E-state index contributed by atoms with van der Waals surface area (Å²) in [5, 5.41) is 13.8. The molecule has 10 heteroatoms. The molecule has 146 valence electrons. The number of carboxylic acids is 1. The fraction of sp³-hybridized carbons (Fsp3) is 0.111. The van der Waals surface area contributed by atoms with Gasteiger partial charge in [0.15, 0.2) is 11.7 Å². The molecule has 0 spiro atoms. The number of hydrogen-bond acceptors (Lipinski definition) is 5. The zero-order chi connectivity index (χ0) is 20.5. The number of oxazole rings is 1. The third-order valence-electron chi connectivity index (χ3n) is 3.84. The number of sulfonamides is 1. The quantitative estimate of drug-likeness (QED) is 0.646. The van der Waals surface area contributed by atoms with Crippen molar-refractivity contribution in [2.45, 2.75) is 17.7 Å². The van der Waals surface area contributed by atoms with Crippen LogP contribution in [0, 0.1) is 11.6 Å². The van der Waals surface area contributed by atoms with Crippen LogP contribution in [0.15, 0.2) is 51.8 Å². The van der Waals surface area contributed by atoms with Crippen LogP contribution in [-0.4, -0.2) is 24.5 Å². The van der Waals surface area contributed by atoms with Gasteiger partial charge in [-0.1, -0.05) is 0 Å². The molecule has 28 heavy (non-hydrogen) atoms. The van der Waals surface area contributed by atoms with E-state index >= 15 is 0 Å². The van der Waals surface area contributed by atoms with Crippen molar-refractivity contribution in [1.82, 2.24) is 4.98 Å². The molecule has 1 heterocycles. The van der Waals surface area contributed by atoms with Crippen LogP contribution in [0.2, 0.25) is 0 Å². The zero-order valence-corrected chi connectivity index (χ0v) is 15.0. The molecule has 0 unspecified atom stereocenters. The zero-order valence-electron chi connectivity index (χ0n) is 14.2. The Hall–Kier alpha value is -3.11. The van der Waals surface area contributed by atoms with Gasteiger partial charge >= 0.3 is 5.97 Å². The lowest BCUT2D eigenvalue weighted by Crippen LogP contribution is -2.13. The number of hydrogen-bond donors (Lipinski definition) is 2. The molecular formula is C18H14F2N2O5S. The first-order chi connectivity index (χ1) is 13.1. The molecule has 3 N–H and O–H groups in total. The van der Waals surface area contributed by atoms with Crippen molar-refractivity contribution in [3.8, 4) is 22.6 Å². The van der Waals surface area contributed by atoms with E-state index in [9.17, 15) is 22.0 Å². The van der Waals surface area contributed by atoms with Gasteiger partial charge in [-0.3, -0.25) is 4.79 Å². The van der Waals surface area contributed by atoms with Gasteiger partial charge in [0.05, 0.1) is 6.42 Å². The van der Waals surface area contributed by atoms with E-state index in [1.807, 2.05) is 0 Å². The average Bonchev–Trinajstić information content (AvgIpc) is 3.03. The highest BCUT2D eigenvalue weighted by atomic mass is 32.2. The summed E-state index contributed by atoms with van der Waals surface area (Å²) >= 11 is 0. The maximum atomic E-state index is 14.2. The average molecular weight is 408 g/mol. The molecule has 0 fully saturated rings. The summed E-state index contributed by atoms with van der Waals surface area (Å²) in [7, 11) is -4.24. The van der Waals surface area contributed by atoms with Crippen LogP contribution in [0.1, 0.15) is 12.3 Å². The molecule has 3 aromatic rings. The maximum absolute atomic E-state index is 14.2. The summed E-state index contributed by atoms with van der Waals surface area (Å²) in [5.74, 6) is -2.41. The summed E-state index contributed by atoms with van der Waals surface area (Å²) in [6.07, 6.45) is -0.247. The van der Waals surface area contributed by atoms with Crippen LogP contribution in [0.5, 0.6) is 0 Å². The van der Waals surface area contributed by atoms with Gasteiger partial charge in [-0.2, -0.15) is 0 Å². The minimum atomic E-state index is -4.24. The lowest BCUT2D eigenvalue weighted by Gasteiger charge is -2.05. The Morgan fingerprint density at radius 3 is 2.32 bits per heavy atom. The number of nitrogens with two attached hydrogens (primary N) is 1. The normalized spacial score (nSPS) is 11.5. The van der Waals surface area contributed by atoms with Crippen LogP contribution in [0.4, 0.5) is 8.78 Å². The van der Waals surface area contributed by atoms with E-state index in [0.717, 1.165) is 12.1 Å². The molecule has 0 saturated heterocycles. The van der Waals surface area contributed by atoms with Gasteiger partial charge < -0.3 is 9.52 Å². The predicted octanol–water partition coefficient (Wildman–Crippen LogP) is 2.95. The van der Waals surface area contributed by atoms with Gasteiger partial charge in [0.1, 0.15) is 22.2 Å². The highest BCUT2D eigenvalue weighted by Crippen LogP contribution is 2.34. The molecular weight excluding hydrogens is 394 g/mol. The lowest BCUT2D eigenvalue weighted by atomic mass is 10.1. The fourth-order valence-corrected chi connectivity index (χ4v) is 3.15. The Morgan fingerprint density at radius 1 is 1.11 bits per heavy atom. The number of halogens is 2. The van der Waals surface area contributed by atoms with Crippen molar-refractivity contribution >= 4 is 16.0 Å². The van der Waals surface area contributed by atoms with Gasteiger partial charge in [0.2, 0.25) is 10.0 Å². The molecule has 7 nitrogen and oxygen atoms in total. The second-order valence-electron chi connectivity index (χ2n) is 5.88. The predicted molar refractivity (Wildman–Crippen MR) is 94.6 cm³/mol. The highest BCUT2D eigenvalue weighted by Gasteiger charge is 2.21. The van der Waals surface area contributed by atoms with Gasteiger partial charge in [0.25, 0.3) is 0 Å². The van der Waals surface area contributed by atoms with Crippen molar-refractivity contribution in [3.63, 3.8) is 0 Å². The minimum Gasteiger partial charge on any atom is -0.481 e. The minimum absolute atomic E-state index is 0.0126. The van der Waals surface area contributed by atoms with Crippen LogP contribution >= 0.6 is 0 Å². The van der Waals surface area contributed by atoms with E-state index in [1.165, 1.54) is 30.3 Å².